The van der Waals surface area contributed by atoms with E-state index in [4.69, 9.17) is 0 Å². The number of fused-ring (bicyclic) bond motifs is 6. The summed E-state index contributed by atoms with van der Waals surface area (Å²) in [5.74, 6) is 0.834. The van der Waals surface area contributed by atoms with Gasteiger partial charge in [-0.15, -0.1) is 11.8 Å². The Balaban J connectivity index is 1.22. The van der Waals surface area contributed by atoms with E-state index in [1.807, 2.05) is 11.8 Å². The normalized spacial score (nSPS) is 20.0. The summed E-state index contributed by atoms with van der Waals surface area (Å²) in [6.45, 7) is 0. The monoisotopic (exact) mass is 581 g/mol. The van der Waals surface area contributed by atoms with Crippen LogP contribution >= 0.6 is 11.8 Å². The number of aromatic nitrogens is 1. The van der Waals surface area contributed by atoms with Crippen LogP contribution in [0.1, 0.15) is 29.4 Å². The van der Waals surface area contributed by atoms with Crippen molar-refractivity contribution in [3.63, 3.8) is 0 Å². The van der Waals surface area contributed by atoms with E-state index in [0.717, 1.165) is 6.42 Å². The van der Waals surface area contributed by atoms with E-state index in [0.29, 0.717) is 17.1 Å². The topological polar surface area (TPSA) is 4.93 Å². The Morgan fingerprint density at radius 3 is 2.27 bits per heavy atom. The first-order chi connectivity index (χ1) is 21.8. The summed E-state index contributed by atoms with van der Waals surface area (Å²) in [6, 6.07) is 40.9. The Hall–Kier alpha value is -4.79. The summed E-state index contributed by atoms with van der Waals surface area (Å²) in [4.78, 5) is 1.41. The van der Waals surface area contributed by atoms with Gasteiger partial charge < -0.3 is 4.57 Å². The highest BCUT2D eigenvalue weighted by Crippen LogP contribution is 2.49. The number of hydrogen-bond acceptors (Lipinski definition) is 1. The molecule has 0 N–H and O–H groups in total. The summed E-state index contributed by atoms with van der Waals surface area (Å²) in [5.41, 5.74) is 11.6. The minimum atomic E-state index is 0.370. The predicted molar refractivity (Wildman–Crippen MR) is 188 cm³/mol. The molecule has 0 bridgehead atoms. The van der Waals surface area contributed by atoms with Crippen molar-refractivity contribution in [1.82, 2.24) is 4.57 Å². The zero-order chi connectivity index (χ0) is 29.0. The molecule has 210 valence electrons. The predicted octanol–water partition coefficient (Wildman–Crippen LogP) is 11.4. The van der Waals surface area contributed by atoms with Crippen LogP contribution in [0.3, 0.4) is 0 Å². The molecule has 1 nitrogen and oxygen atoms in total. The second-order valence-corrected chi connectivity index (χ2v) is 13.3. The molecule has 44 heavy (non-hydrogen) atoms. The molecule has 6 aromatic rings. The number of allylic oxidation sites excluding steroid dienone is 7. The average Bonchev–Trinajstić information content (AvgIpc) is 3.64. The number of benzene rings is 5. The Labute approximate surface area is 262 Å². The molecular formula is C42H31NS. The van der Waals surface area contributed by atoms with Gasteiger partial charge in [-0.25, -0.2) is 0 Å². The molecule has 0 amide bonds. The van der Waals surface area contributed by atoms with Gasteiger partial charge in [-0.05, 0) is 82.3 Å². The molecule has 2 aliphatic carbocycles. The Bertz CT molecular complexity index is 2190. The van der Waals surface area contributed by atoms with E-state index >= 15 is 0 Å². The third-order valence-corrected chi connectivity index (χ3v) is 10.8. The SMILES string of the molecule is C1=CCC(c2cc(-c3ccccc3)cc(-n3c4ccccc4c4cc(-c5ccc6c(c5)C5C=CC=CC5S6)ccc43)c2)C=C1. The van der Waals surface area contributed by atoms with E-state index < -0.39 is 0 Å². The van der Waals surface area contributed by atoms with Gasteiger partial charge in [0.1, 0.15) is 0 Å². The second-order valence-electron chi connectivity index (χ2n) is 12.0. The molecule has 3 unspecified atom stereocenters. The maximum atomic E-state index is 2.47. The Morgan fingerprint density at radius 2 is 1.36 bits per heavy atom. The molecule has 5 aromatic carbocycles. The van der Waals surface area contributed by atoms with Crippen molar-refractivity contribution in [2.45, 2.75) is 28.4 Å². The lowest BCUT2D eigenvalue weighted by Gasteiger charge is -2.18. The lowest BCUT2D eigenvalue weighted by Crippen LogP contribution is -2.06. The van der Waals surface area contributed by atoms with Crippen LogP contribution in [0, 0.1) is 0 Å². The van der Waals surface area contributed by atoms with Gasteiger partial charge in [0.25, 0.3) is 0 Å². The number of nitrogens with zero attached hydrogens (tertiary/aromatic N) is 1. The third-order valence-electron chi connectivity index (χ3n) is 9.44. The molecule has 2 heterocycles. The number of rotatable bonds is 4. The minimum absolute atomic E-state index is 0.370. The summed E-state index contributed by atoms with van der Waals surface area (Å²) in [6.07, 6.45) is 19.1. The maximum Gasteiger partial charge on any atom is 0.0541 e. The quantitative estimate of drug-likeness (QED) is 0.200. The van der Waals surface area contributed by atoms with Gasteiger partial charge in [-0.1, -0.05) is 115 Å². The average molecular weight is 582 g/mol. The highest BCUT2D eigenvalue weighted by atomic mass is 32.2. The van der Waals surface area contributed by atoms with Crippen LogP contribution in [0.15, 0.2) is 163 Å². The fourth-order valence-electron chi connectivity index (χ4n) is 7.26. The zero-order valence-corrected chi connectivity index (χ0v) is 25.1. The van der Waals surface area contributed by atoms with Gasteiger partial charge in [-0.2, -0.15) is 0 Å². The first-order valence-corrected chi connectivity index (χ1v) is 16.4. The van der Waals surface area contributed by atoms with Gasteiger partial charge in [0.2, 0.25) is 0 Å². The second kappa shape index (κ2) is 10.4. The summed E-state index contributed by atoms with van der Waals surface area (Å²) in [5, 5.41) is 3.09. The molecule has 0 spiro atoms. The highest BCUT2D eigenvalue weighted by Gasteiger charge is 2.31. The number of para-hydroxylation sites is 1. The fraction of sp³-hybridized carbons (Fsp3) is 0.0952. The van der Waals surface area contributed by atoms with E-state index in [-0.39, 0.29) is 0 Å². The van der Waals surface area contributed by atoms with Gasteiger partial charge in [0.05, 0.1) is 11.0 Å². The van der Waals surface area contributed by atoms with Crippen molar-refractivity contribution in [3.05, 3.63) is 169 Å². The molecular weight excluding hydrogens is 551 g/mol. The van der Waals surface area contributed by atoms with Crippen molar-refractivity contribution in [3.8, 4) is 27.9 Å². The summed E-state index contributed by atoms with van der Waals surface area (Å²) >= 11 is 1.99. The van der Waals surface area contributed by atoms with Crippen LogP contribution in [0.4, 0.5) is 0 Å². The van der Waals surface area contributed by atoms with Crippen LogP contribution in [0.25, 0.3) is 49.7 Å². The lowest BCUT2D eigenvalue weighted by molar-refractivity contribution is 0.852. The molecule has 1 aromatic heterocycles. The van der Waals surface area contributed by atoms with E-state index in [1.165, 1.54) is 65.8 Å². The van der Waals surface area contributed by atoms with Crippen LogP contribution in [0.2, 0.25) is 0 Å². The van der Waals surface area contributed by atoms with Gasteiger partial charge in [0, 0.05) is 38.4 Å². The Morgan fingerprint density at radius 1 is 0.568 bits per heavy atom. The van der Waals surface area contributed by atoms with Crippen molar-refractivity contribution >= 4 is 33.6 Å². The van der Waals surface area contributed by atoms with Crippen molar-refractivity contribution < 1.29 is 0 Å². The number of thioether (sulfide) groups is 1. The first kappa shape index (κ1) is 25.7. The molecule has 3 atom stereocenters. The molecule has 0 radical (unpaired) electrons. The Kier molecular flexibility index (Phi) is 6.09. The van der Waals surface area contributed by atoms with Gasteiger partial charge >= 0.3 is 0 Å². The molecule has 0 saturated heterocycles. The standard InChI is InChI=1S/C42H31NS/c1-3-11-28(12-4-1)32-23-33(29-13-5-2-6-14-29)25-34(24-32)43-39-17-9-7-15-35(39)37-26-30(19-21-40(37)43)31-20-22-42-38(27-31)36-16-8-10-18-41(36)44-42/h1-13,15-27,29,36,41H,14H2. The van der Waals surface area contributed by atoms with Crippen molar-refractivity contribution in [2.75, 3.05) is 0 Å². The fourth-order valence-corrected chi connectivity index (χ4v) is 8.58. The smallest absolute Gasteiger partial charge is 0.0541 e. The van der Waals surface area contributed by atoms with E-state index in [2.05, 4.69) is 162 Å². The van der Waals surface area contributed by atoms with Crippen LogP contribution in [-0.2, 0) is 0 Å². The van der Waals surface area contributed by atoms with Crippen LogP contribution in [0.5, 0.6) is 0 Å². The van der Waals surface area contributed by atoms with Crippen LogP contribution in [-0.4, -0.2) is 9.82 Å². The number of hydrogen-bond donors (Lipinski definition) is 0. The van der Waals surface area contributed by atoms with Crippen molar-refractivity contribution in [1.29, 1.82) is 0 Å². The van der Waals surface area contributed by atoms with Crippen molar-refractivity contribution in [2.24, 2.45) is 0 Å². The summed E-state index contributed by atoms with van der Waals surface area (Å²) in [7, 11) is 0. The van der Waals surface area contributed by atoms with E-state index in [1.54, 1.807) is 0 Å². The molecule has 1 aliphatic heterocycles. The minimum Gasteiger partial charge on any atom is -0.309 e. The zero-order valence-electron chi connectivity index (χ0n) is 24.3. The van der Waals surface area contributed by atoms with Gasteiger partial charge in [0.15, 0.2) is 0 Å². The third kappa shape index (κ3) is 4.24. The molecule has 3 aliphatic rings. The summed E-state index contributed by atoms with van der Waals surface area (Å²) < 4.78 is 2.47. The molecule has 9 rings (SSSR count). The van der Waals surface area contributed by atoms with E-state index in [9.17, 15) is 0 Å². The lowest BCUT2D eigenvalue weighted by atomic mass is 9.89. The van der Waals surface area contributed by atoms with Gasteiger partial charge in [-0.3, -0.25) is 0 Å². The van der Waals surface area contributed by atoms with Crippen LogP contribution < -0.4 is 0 Å². The molecule has 0 saturated carbocycles. The molecule has 0 fully saturated rings. The highest BCUT2D eigenvalue weighted by molar-refractivity contribution is 8.00. The largest absolute Gasteiger partial charge is 0.309 e. The first-order valence-electron chi connectivity index (χ1n) is 15.5. The maximum absolute atomic E-state index is 2.47. The molecule has 2 heteroatoms.